The smallest absolute Gasteiger partial charge is 0.392 e. The molecule has 1 heterocycles. The summed E-state index contributed by atoms with van der Waals surface area (Å²) in [5, 5.41) is 18.9. The zero-order valence-electron chi connectivity index (χ0n) is 7.15. The Labute approximate surface area is 81.3 Å². The topological polar surface area (TPSA) is 76.3 Å². The van der Waals surface area contributed by atoms with Crippen molar-refractivity contribution < 1.29 is 23.2 Å². The van der Waals surface area contributed by atoms with Crippen LogP contribution in [0.1, 0.15) is 11.1 Å². The van der Waals surface area contributed by atoms with Crippen molar-refractivity contribution in [2.24, 2.45) is 0 Å². The van der Waals surface area contributed by atoms with Crippen molar-refractivity contribution in [2.45, 2.75) is 12.8 Å². The van der Waals surface area contributed by atoms with Crippen LogP contribution in [0.4, 0.5) is 19.0 Å². The summed E-state index contributed by atoms with van der Waals surface area (Å²) in [5.41, 5.74) is -2.07. The lowest BCUT2D eigenvalue weighted by Gasteiger charge is -2.09. The predicted octanol–water partition coefficient (Wildman–Crippen LogP) is 1.50. The molecule has 1 N–H and O–H groups in total. The lowest BCUT2D eigenvalue weighted by molar-refractivity contribution is -0.392. The molecule has 0 fully saturated rings. The van der Waals surface area contributed by atoms with Crippen molar-refractivity contribution in [1.82, 2.24) is 4.98 Å². The maximum absolute atomic E-state index is 12.4. The van der Waals surface area contributed by atoms with Crippen molar-refractivity contribution in [3.8, 4) is 0 Å². The molecule has 8 heteroatoms. The molecule has 15 heavy (non-hydrogen) atoms. The Morgan fingerprint density at radius 2 is 2.13 bits per heavy atom. The number of pyridine rings is 1. The molecular weight excluding hydrogens is 217 g/mol. The van der Waals surface area contributed by atoms with Crippen LogP contribution in [0.5, 0.6) is 0 Å². The number of aromatic nitrogens is 1. The van der Waals surface area contributed by atoms with Crippen molar-refractivity contribution in [3.05, 3.63) is 33.5 Å². The maximum Gasteiger partial charge on any atom is 0.424 e. The van der Waals surface area contributed by atoms with Gasteiger partial charge in [-0.15, -0.1) is 0 Å². The molecule has 0 bridgehead atoms. The molecule has 82 valence electrons. The van der Waals surface area contributed by atoms with Gasteiger partial charge in [0.1, 0.15) is 6.20 Å². The summed E-state index contributed by atoms with van der Waals surface area (Å²) in [6.45, 7) is -0.932. The van der Waals surface area contributed by atoms with Crippen LogP contribution in [0.15, 0.2) is 12.3 Å². The Morgan fingerprint density at radius 1 is 1.53 bits per heavy atom. The van der Waals surface area contributed by atoms with Gasteiger partial charge < -0.3 is 15.2 Å². The molecule has 0 aromatic carbocycles. The van der Waals surface area contributed by atoms with Crippen LogP contribution in [-0.2, 0) is 12.8 Å². The van der Waals surface area contributed by atoms with Crippen molar-refractivity contribution >= 4 is 5.82 Å². The summed E-state index contributed by atoms with van der Waals surface area (Å²) in [6.07, 6.45) is -4.06. The van der Waals surface area contributed by atoms with Gasteiger partial charge in [-0.05, 0) is 16.0 Å². The number of alkyl halides is 3. The second kappa shape index (κ2) is 3.81. The van der Waals surface area contributed by atoms with Crippen LogP contribution in [0.2, 0.25) is 0 Å². The molecule has 0 atom stereocenters. The summed E-state index contributed by atoms with van der Waals surface area (Å²) >= 11 is 0. The molecule has 0 unspecified atom stereocenters. The molecule has 5 nitrogen and oxygen atoms in total. The standard InChI is InChI=1S/C7H5F3N2O3/c8-7(9,10)5-4(3-13)1-2-11-6(5)12(14)15/h1-2,13H,3H2. The largest absolute Gasteiger partial charge is 0.424 e. The fraction of sp³-hybridized carbons (Fsp3) is 0.286. The van der Waals surface area contributed by atoms with Gasteiger partial charge in [-0.2, -0.15) is 13.2 Å². The van der Waals surface area contributed by atoms with Gasteiger partial charge in [-0.25, -0.2) is 0 Å². The number of aliphatic hydroxyl groups is 1. The first-order valence-corrected chi connectivity index (χ1v) is 3.68. The molecule has 0 aliphatic carbocycles. The SMILES string of the molecule is O=[N+]([O-])c1nccc(CO)c1C(F)(F)F. The number of halogens is 3. The van der Waals surface area contributed by atoms with Gasteiger partial charge in [-0.3, -0.25) is 0 Å². The molecule has 1 aromatic rings. The highest BCUT2D eigenvalue weighted by molar-refractivity contribution is 5.41. The van der Waals surface area contributed by atoms with Gasteiger partial charge in [0.2, 0.25) is 0 Å². The van der Waals surface area contributed by atoms with Crippen molar-refractivity contribution in [2.75, 3.05) is 0 Å². The second-order valence-electron chi connectivity index (χ2n) is 2.58. The zero-order valence-corrected chi connectivity index (χ0v) is 7.15. The zero-order chi connectivity index (χ0) is 11.6. The molecule has 0 saturated carbocycles. The van der Waals surface area contributed by atoms with Gasteiger partial charge in [0.15, 0.2) is 5.56 Å². The van der Waals surface area contributed by atoms with E-state index in [1.165, 1.54) is 0 Å². The molecule has 0 radical (unpaired) electrons. The van der Waals surface area contributed by atoms with Crippen molar-refractivity contribution in [1.29, 1.82) is 0 Å². The number of hydrogen-bond acceptors (Lipinski definition) is 4. The number of aliphatic hydroxyl groups excluding tert-OH is 1. The molecule has 1 rings (SSSR count). The third kappa shape index (κ3) is 2.21. The van der Waals surface area contributed by atoms with E-state index in [4.69, 9.17) is 5.11 Å². The van der Waals surface area contributed by atoms with Crippen LogP contribution in [0, 0.1) is 10.1 Å². The summed E-state index contributed by atoms with van der Waals surface area (Å²) in [7, 11) is 0. The Bertz CT molecular complexity index is 392. The molecule has 0 aliphatic heterocycles. The lowest BCUT2D eigenvalue weighted by atomic mass is 10.1. The highest BCUT2D eigenvalue weighted by atomic mass is 19.4. The summed E-state index contributed by atoms with van der Waals surface area (Å²) in [6, 6.07) is 0.885. The maximum atomic E-state index is 12.4. The minimum Gasteiger partial charge on any atom is -0.392 e. The van der Waals surface area contributed by atoms with E-state index in [-0.39, 0.29) is 0 Å². The van der Waals surface area contributed by atoms with Crippen LogP contribution in [-0.4, -0.2) is 15.0 Å². The van der Waals surface area contributed by atoms with E-state index >= 15 is 0 Å². The molecule has 1 aromatic heterocycles. The third-order valence-electron chi connectivity index (χ3n) is 1.64. The molecule has 0 aliphatic rings. The van der Waals surface area contributed by atoms with Gasteiger partial charge >= 0.3 is 12.0 Å². The van der Waals surface area contributed by atoms with Crippen molar-refractivity contribution in [3.63, 3.8) is 0 Å². The predicted molar refractivity (Wildman–Crippen MR) is 41.8 cm³/mol. The Hall–Kier alpha value is -1.70. The first-order valence-electron chi connectivity index (χ1n) is 3.68. The fourth-order valence-electron chi connectivity index (χ4n) is 1.07. The van der Waals surface area contributed by atoms with Gasteiger partial charge in [0, 0.05) is 5.56 Å². The molecular formula is C7H5F3N2O3. The summed E-state index contributed by atoms with van der Waals surface area (Å²) in [4.78, 5) is 12.1. The monoisotopic (exact) mass is 222 g/mol. The van der Waals surface area contributed by atoms with Crippen LogP contribution in [0.25, 0.3) is 0 Å². The van der Waals surface area contributed by atoms with E-state index in [9.17, 15) is 23.3 Å². The number of nitrogens with zero attached hydrogens (tertiary/aromatic N) is 2. The van der Waals surface area contributed by atoms with Crippen LogP contribution < -0.4 is 0 Å². The molecule has 0 saturated heterocycles. The minimum absolute atomic E-state index is 0.566. The number of hydrogen-bond donors (Lipinski definition) is 1. The molecule has 0 spiro atoms. The highest BCUT2D eigenvalue weighted by Crippen LogP contribution is 2.37. The number of rotatable bonds is 2. The quantitative estimate of drug-likeness (QED) is 0.607. The van der Waals surface area contributed by atoms with E-state index in [1.54, 1.807) is 0 Å². The number of nitro groups is 1. The van der Waals surface area contributed by atoms with E-state index in [1.807, 2.05) is 0 Å². The fourth-order valence-corrected chi connectivity index (χ4v) is 1.07. The van der Waals surface area contributed by atoms with Gasteiger partial charge in [0.05, 0.1) is 6.61 Å². The van der Waals surface area contributed by atoms with Gasteiger partial charge in [0.25, 0.3) is 0 Å². The average molecular weight is 222 g/mol. The Balaban J connectivity index is 3.47. The van der Waals surface area contributed by atoms with E-state index in [0.717, 1.165) is 12.3 Å². The molecule has 0 amide bonds. The first-order chi connectivity index (χ1) is 6.88. The second-order valence-corrected chi connectivity index (χ2v) is 2.58. The minimum atomic E-state index is -4.91. The van der Waals surface area contributed by atoms with Crippen LogP contribution >= 0.6 is 0 Å². The Morgan fingerprint density at radius 3 is 2.53 bits per heavy atom. The first kappa shape index (κ1) is 11.4. The Kier molecular flexibility index (Phi) is 2.89. The summed E-state index contributed by atoms with van der Waals surface area (Å²) in [5.74, 6) is -1.30. The third-order valence-corrected chi connectivity index (χ3v) is 1.64. The van der Waals surface area contributed by atoms with E-state index in [2.05, 4.69) is 4.98 Å². The van der Waals surface area contributed by atoms with E-state index in [0.29, 0.717) is 0 Å². The highest BCUT2D eigenvalue weighted by Gasteiger charge is 2.41. The lowest BCUT2D eigenvalue weighted by Crippen LogP contribution is -2.13. The summed E-state index contributed by atoms with van der Waals surface area (Å²) < 4.78 is 37.2. The van der Waals surface area contributed by atoms with Gasteiger partial charge in [-0.1, -0.05) is 0 Å². The average Bonchev–Trinajstić information content (AvgIpc) is 2.15. The normalized spacial score (nSPS) is 11.5. The van der Waals surface area contributed by atoms with Crippen LogP contribution in [0.3, 0.4) is 0 Å². The van der Waals surface area contributed by atoms with E-state index < -0.39 is 34.7 Å².